The molecule has 1 amide bonds. The molecule has 0 spiro atoms. The van der Waals surface area contributed by atoms with Crippen LogP contribution in [0.15, 0.2) is 18.2 Å². The molecule has 148 valence electrons. The number of carbonyl (C=O) groups excluding carboxylic acids is 2. The normalized spacial score (nSPS) is 23.7. The molecule has 0 aliphatic carbocycles. The van der Waals surface area contributed by atoms with Crippen LogP contribution < -0.4 is 9.47 Å². The van der Waals surface area contributed by atoms with E-state index in [2.05, 4.69) is 0 Å². The minimum absolute atomic E-state index is 0.210. The van der Waals surface area contributed by atoms with Crippen molar-refractivity contribution in [3.05, 3.63) is 23.8 Å². The molecule has 0 radical (unpaired) electrons. The van der Waals surface area contributed by atoms with Gasteiger partial charge in [-0.05, 0) is 26.0 Å². The molecule has 27 heavy (non-hydrogen) atoms. The fourth-order valence-corrected chi connectivity index (χ4v) is 3.60. The van der Waals surface area contributed by atoms with Gasteiger partial charge in [-0.25, -0.2) is 4.79 Å². The molecule has 0 bridgehead atoms. The number of amides is 1. The van der Waals surface area contributed by atoms with Crippen LogP contribution in [0.25, 0.3) is 0 Å². The fraction of sp³-hybridized carbons (Fsp3) is 0.579. The third-order valence-corrected chi connectivity index (χ3v) is 4.99. The number of hydrogen-bond acceptors (Lipinski definition) is 7. The van der Waals surface area contributed by atoms with Crippen molar-refractivity contribution in [2.24, 2.45) is 5.92 Å². The van der Waals surface area contributed by atoms with Crippen LogP contribution in [0.3, 0.4) is 0 Å². The van der Waals surface area contributed by atoms with E-state index < -0.39 is 23.7 Å². The number of esters is 1. The van der Waals surface area contributed by atoms with Gasteiger partial charge in [-0.2, -0.15) is 0 Å². The Bertz CT molecular complexity index is 714. The topological polar surface area (TPSA) is 83.5 Å². The summed E-state index contributed by atoms with van der Waals surface area (Å²) < 4.78 is 27.0. The Labute approximate surface area is 158 Å². The second kappa shape index (κ2) is 7.74. The van der Waals surface area contributed by atoms with E-state index >= 15 is 0 Å². The number of ether oxygens (including phenoxy) is 5. The minimum atomic E-state index is -1.12. The number of carbonyl (C=O) groups is 2. The van der Waals surface area contributed by atoms with E-state index in [-0.39, 0.29) is 19.1 Å². The second-order valence-corrected chi connectivity index (χ2v) is 6.53. The second-order valence-electron chi connectivity index (χ2n) is 6.53. The van der Waals surface area contributed by atoms with Crippen molar-refractivity contribution in [3.8, 4) is 11.5 Å². The lowest BCUT2D eigenvalue weighted by molar-refractivity contribution is -0.233. The van der Waals surface area contributed by atoms with Crippen LogP contribution in [0.2, 0.25) is 0 Å². The zero-order chi connectivity index (χ0) is 19.6. The van der Waals surface area contributed by atoms with E-state index in [1.807, 2.05) is 6.07 Å². The van der Waals surface area contributed by atoms with Gasteiger partial charge in [0.2, 0.25) is 5.91 Å². The molecule has 0 N–H and O–H groups in total. The van der Waals surface area contributed by atoms with Crippen molar-refractivity contribution in [3.63, 3.8) is 0 Å². The number of benzene rings is 1. The molecule has 2 aliphatic rings. The third-order valence-electron chi connectivity index (χ3n) is 4.99. The van der Waals surface area contributed by atoms with Crippen LogP contribution in [-0.2, 0) is 30.3 Å². The lowest BCUT2D eigenvalue weighted by Gasteiger charge is -2.50. The molecule has 2 aliphatic heterocycles. The lowest BCUT2D eigenvalue weighted by Crippen LogP contribution is -2.70. The largest absolute Gasteiger partial charge is 0.497 e. The van der Waals surface area contributed by atoms with Gasteiger partial charge in [0.1, 0.15) is 23.5 Å². The standard InChI is InChI=1S/C19H25NO7/c1-5-25-18(22)16-15(19(2)26-8-9-27-19)17(21)20(16)11-12-6-7-13(23-3)10-14(12)24-4/h6-7,10,15-16H,5,8-9,11H2,1-4H3/t15-,16+/m1/s1. The summed E-state index contributed by atoms with van der Waals surface area (Å²) >= 11 is 0. The lowest BCUT2D eigenvalue weighted by atomic mass is 9.80. The van der Waals surface area contributed by atoms with E-state index in [9.17, 15) is 9.59 Å². The van der Waals surface area contributed by atoms with Gasteiger partial charge in [-0.15, -0.1) is 0 Å². The van der Waals surface area contributed by atoms with E-state index in [1.54, 1.807) is 40.2 Å². The van der Waals surface area contributed by atoms with Crippen molar-refractivity contribution in [2.75, 3.05) is 34.0 Å². The predicted octanol–water partition coefficient (Wildman–Crippen LogP) is 1.36. The Kier molecular flexibility index (Phi) is 5.57. The Morgan fingerprint density at radius 3 is 2.56 bits per heavy atom. The minimum Gasteiger partial charge on any atom is -0.497 e. The number of methoxy groups -OCH3 is 2. The summed E-state index contributed by atoms with van der Waals surface area (Å²) in [6.45, 7) is 4.65. The predicted molar refractivity (Wildman–Crippen MR) is 94.3 cm³/mol. The van der Waals surface area contributed by atoms with Gasteiger partial charge in [0.05, 0.1) is 40.6 Å². The SMILES string of the molecule is CCOC(=O)[C@@H]1[C@@H](C2(C)OCCO2)C(=O)N1Cc1ccc(OC)cc1OC. The number of nitrogens with zero attached hydrogens (tertiary/aromatic N) is 1. The molecule has 0 aromatic heterocycles. The first-order valence-corrected chi connectivity index (χ1v) is 8.91. The smallest absolute Gasteiger partial charge is 0.329 e. The fourth-order valence-electron chi connectivity index (χ4n) is 3.60. The van der Waals surface area contributed by atoms with E-state index in [1.165, 1.54) is 4.90 Å². The highest BCUT2D eigenvalue weighted by molar-refractivity contribution is 5.98. The Balaban J connectivity index is 1.86. The van der Waals surface area contributed by atoms with Crippen LogP contribution in [-0.4, -0.2) is 62.6 Å². The van der Waals surface area contributed by atoms with Crippen LogP contribution >= 0.6 is 0 Å². The summed E-state index contributed by atoms with van der Waals surface area (Å²) in [5.74, 6) is -1.30. The summed E-state index contributed by atoms with van der Waals surface area (Å²) in [6.07, 6.45) is 0. The molecule has 0 unspecified atom stereocenters. The summed E-state index contributed by atoms with van der Waals surface area (Å²) in [4.78, 5) is 26.9. The van der Waals surface area contributed by atoms with Crippen LogP contribution in [0, 0.1) is 5.92 Å². The molecule has 8 nitrogen and oxygen atoms in total. The molecule has 0 saturated carbocycles. The van der Waals surface area contributed by atoms with Gasteiger partial charge in [0, 0.05) is 11.6 Å². The van der Waals surface area contributed by atoms with Crippen molar-refractivity contribution in [1.82, 2.24) is 4.90 Å². The van der Waals surface area contributed by atoms with Gasteiger partial charge >= 0.3 is 5.97 Å². The molecule has 2 fully saturated rings. The maximum atomic E-state index is 12.9. The maximum absolute atomic E-state index is 12.9. The molecule has 8 heteroatoms. The summed E-state index contributed by atoms with van der Waals surface area (Å²) in [7, 11) is 3.11. The highest BCUT2D eigenvalue weighted by Gasteiger charge is 2.62. The average molecular weight is 379 g/mol. The van der Waals surface area contributed by atoms with E-state index in [4.69, 9.17) is 23.7 Å². The van der Waals surface area contributed by atoms with Gasteiger partial charge < -0.3 is 28.6 Å². The average Bonchev–Trinajstić information content (AvgIpc) is 3.10. The number of hydrogen-bond donors (Lipinski definition) is 0. The van der Waals surface area contributed by atoms with Crippen LogP contribution in [0.4, 0.5) is 0 Å². The highest BCUT2D eigenvalue weighted by Crippen LogP contribution is 2.42. The molecule has 1 aromatic rings. The number of likely N-dealkylation sites (tertiary alicyclic amines) is 1. The third kappa shape index (κ3) is 3.46. The van der Waals surface area contributed by atoms with Crippen LogP contribution in [0.1, 0.15) is 19.4 Å². The summed E-state index contributed by atoms with van der Waals surface area (Å²) in [5, 5.41) is 0. The monoisotopic (exact) mass is 379 g/mol. The molecule has 2 heterocycles. The number of β-lactam (4-membered cyclic amide) rings is 1. The van der Waals surface area contributed by atoms with Gasteiger partial charge in [-0.3, -0.25) is 4.79 Å². The highest BCUT2D eigenvalue weighted by atomic mass is 16.7. The molecule has 1 aromatic carbocycles. The molecule has 2 atom stereocenters. The van der Waals surface area contributed by atoms with Crippen molar-refractivity contribution in [2.45, 2.75) is 32.2 Å². The number of rotatable bonds is 7. The van der Waals surface area contributed by atoms with E-state index in [0.717, 1.165) is 5.56 Å². The first-order valence-electron chi connectivity index (χ1n) is 8.91. The van der Waals surface area contributed by atoms with Crippen molar-refractivity contribution >= 4 is 11.9 Å². The first-order chi connectivity index (χ1) is 12.9. The maximum Gasteiger partial charge on any atom is 0.329 e. The Morgan fingerprint density at radius 2 is 1.96 bits per heavy atom. The van der Waals surface area contributed by atoms with Crippen molar-refractivity contribution < 1.29 is 33.3 Å². The quantitative estimate of drug-likeness (QED) is 0.522. The van der Waals surface area contributed by atoms with Gasteiger partial charge in [-0.1, -0.05) is 0 Å². The molecule has 3 rings (SSSR count). The first kappa shape index (κ1) is 19.4. The Hall–Kier alpha value is -2.32. The van der Waals surface area contributed by atoms with Gasteiger partial charge in [0.15, 0.2) is 5.79 Å². The Morgan fingerprint density at radius 1 is 1.26 bits per heavy atom. The van der Waals surface area contributed by atoms with Crippen LogP contribution in [0.5, 0.6) is 11.5 Å². The van der Waals surface area contributed by atoms with E-state index in [0.29, 0.717) is 24.7 Å². The summed E-state index contributed by atoms with van der Waals surface area (Å²) in [6, 6.07) is 4.56. The van der Waals surface area contributed by atoms with Crippen molar-refractivity contribution in [1.29, 1.82) is 0 Å². The molecule has 2 saturated heterocycles. The summed E-state index contributed by atoms with van der Waals surface area (Å²) in [5.41, 5.74) is 0.762. The zero-order valence-corrected chi connectivity index (χ0v) is 16.0. The zero-order valence-electron chi connectivity index (χ0n) is 16.0. The molecular formula is C19H25NO7. The molecular weight excluding hydrogens is 354 g/mol. The van der Waals surface area contributed by atoms with Gasteiger partial charge in [0.25, 0.3) is 0 Å².